The Balaban J connectivity index is 2.17. The van der Waals surface area contributed by atoms with Gasteiger partial charge in [-0.15, -0.1) is 0 Å². The fraction of sp³-hybridized carbons (Fsp3) is 0.500. The third kappa shape index (κ3) is 1.44. The lowest BCUT2D eigenvalue weighted by molar-refractivity contribution is 0.170. The summed E-state index contributed by atoms with van der Waals surface area (Å²) < 4.78 is 12.3. The van der Waals surface area contributed by atoms with E-state index in [1.165, 1.54) is 0 Å². The highest BCUT2D eigenvalue weighted by atomic mass is 79.9. The molecule has 0 amide bonds. The van der Waals surface area contributed by atoms with Gasteiger partial charge >= 0.3 is 0 Å². The van der Waals surface area contributed by atoms with Crippen LogP contribution in [0.2, 0.25) is 0 Å². The van der Waals surface area contributed by atoms with E-state index in [1.807, 2.05) is 13.0 Å². The van der Waals surface area contributed by atoms with E-state index >= 15 is 0 Å². The molecule has 1 heterocycles. The van der Waals surface area contributed by atoms with Crippen LogP contribution in [0.1, 0.15) is 24.0 Å². The lowest BCUT2D eigenvalue weighted by atomic mass is 10.0. The summed E-state index contributed by atoms with van der Waals surface area (Å²) in [6.45, 7) is 3.27. The van der Waals surface area contributed by atoms with Gasteiger partial charge in [0.15, 0.2) is 11.5 Å². The van der Waals surface area contributed by atoms with Gasteiger partial charge in [0.05, 0.1) is 0 Å². The molecule has 0 spiro atoms. The van der Waals surface area contributed by atoms with Gasteiger partial charge in [0, 0.05) is 15.6 Å². The number of hydrogen-bond donors (Lipinski definition) is 1. The van der Waals surface area contributed by atoms with E-state index in [2.05, 4.69) is 15.9 Å². The molecule has 1 aromatic carbocycles. The number of fused-ring (bicyclic) bond motifs is 1. The normalized spacial score (nSPS) is 20.7. The molecule has 0 saturated heterocycles. The van der Waals surface area contributed by atoms with Crippen molar-refractivity contribution in [2.24, 2.45) is 5.73 Å². The van der Waals surface area contributed by atoms with Crippen molar-refractivity contribution in [3.63, 3.8) is 0 Å². The second-order valence-corrected chi connectivity index (χ2v) is 5.34. The van der Waals surface area contributed by atoms with Crippen molar-refractivity contribution in [1.29, 1.82) is 0 Å². The zero-order valence-corrected chi connectivity index (χ0v) is 10.8. The van der Waals surface area contributed by atoms with Crippen molar-refractivity contribution in [1.82, 2.24) is 0 Å². The van der Waals surface area contributed by atoms with Gasteiger partial charge in [-0.05, 0) is 31.4 Å². The molecule has 0 unspecified atom stereocenters. The Kier molecular flexibility index (Phi) is 2.20. The van der Waals surface area contributed by atoms with Crippen molar-refractivity contribution in [3.05, 3.63) is 21.7 Å². The molecule has 1 fully saturated rings. The second-order valence-electron chi connectivity index (χ2n) is 4.54. The maximum atomic E-state index is 6.24. The molecule has 3 nitrogen and oxygen atoms in total. The molecule has 1 saturated carbocycles. The van der Waals surface area contributed by atoms with Crippen LogP contribution in [0.4, 0.5) is 0 Å². The van der Waals surface area contributed by atoms with Crippen LogP contribution in [0.3, 0.4) is 0 Å². The van der Waals surface area contributed by atoms with Gasteiger partial charge in [-0.1, -0.05) is 15.9 Å². The Hall–Kier alpha value is -0.740. The highest BCUT2D eigenvalue weighted by Gasteiger charge is 2.42. The summed E-state index contributed by atoms with van der Waals surface area (Å²) >= 11 is 3.62. The van der Waals surface area contributed by atoms with Crippen LogP contribution in [-0.4, -0.2) is 13.2 Å². The molecule has 1 aliphatic carbocycles. The summed E-state index contributed by atoms with van der Waals surface area (Å²) in [5, 5.41) is 0. The Morgan fingerprint density at radius 3 is 2.69 bits per heavy atom. The van der Waals surface area contributed by atoms with Gasteiger partial charge in [0.2, 0.25) is 0 Å². The van der Waals surface area contributed by atoms with Gasteiger partial charge in [-0.25, -0.2) is 0 Å². The summed E-state index contributed by atoms with van der Waals surface area (Å²) in [5.74, 6) is 1.68. The fourth-order valence-corrected chi connectivity index (χ4v) is 2.78. The highest BCUT2D eigenvalue weighted by molar-refractivity contribution is 9.10. The molecule has 1 aromatic rings. The molecular weight excluding hydrogens is 270 g/mol. The van der Waals surface area contributed by atoms with Gasteiger partial charge in [0.1, 0.15) is 13.2 Å². The topological polar surface area (TPSA) is 44.5 Å². The van der Waals surface area contributed by atoms with Crippen LogP contribution < -0.4 is 15.2 Å². The first-order chi connectivity index (χ1) is 7.62. The largest absolute Gasteiger partial charge is 0.486 e. The van der Waals surface area contributed by atoms with Crippen LogP contribution in [0.15, 0.2) is 10.5 Å². The Bertz CT molecular complexity index is 455. The standard InChI is InChI=1S/C12H14BrNO2/c1-7-10(13)8(12(14)2-3-12)6-9-11(7)16-5-4-15-9/h6H,2-5,14H2,1H3. The molecule has 16 heavy (non-hydrogen) atoms. The average molecular weight is 284 g/mol. The Morgan fingerprint density at radius 2 is 2.00 bits per heavy atom. The zero-order chi connectivity index (χ0) is 11.3. The fourth-order valence-electron chi connectivity index (χ4n) is 2.09. The molecule has 0 aromatic heterocycles. The zero-order valence-electron chi connectivity index (χ0n) is 9.18. The lowest BCUT2D eigenvalue weighted by Gasteiger charge is -2.24. The lowest BCUT2D eigenvalue weighted by Crippen LogP contribution is -2.22. The number of halogens is 1. The van der Waals surface area contributed by atoms with Crippen LogP contribution in [-0.2, 0) is 5.54 Å². The van der Waals surface area contributed by atoms with Crippen LogP contribution in [0.25, 0.3) is 0 Å². The number of benzene rings is 1. The summed E-state index contributed by atoms with van der Waals surface area (Å²) in [6.07, 6.45) is 2.09. The van der Waals surface area contributed by atoms with E-state index in [0.717, 1.165) is 39.9 Å². The van der Waals surface area contributed by atoms with E-state index < -0.39 is 0 Å². The monoisotopic (exact) mass is 283 g/mol. The van der Waals surface area contributed by atoms with E-state index in [9.17, 15) is 0 Å². The summed E-state index contributed by atoms with van der Waals surface area (Å²) in [4.78, 5) is 0. The molecule has 0 radical (unpaired) electrons. The minimum atomic E-state index is -0.153. The predicted octanol–water partition coefficient (Wildman–Crippen LogP) is 2.48. The Labute approximate surface area is 103 Å². The minimum absolute atomic E-state index is 0.153. The molecule has 0 bridgehead atoms. The molecule has 3 rings (SSSR count). The van der Waals surface area contributed by atoms with Gasteiger partial charge < -0.3 is 15.2 Å². The van der Waals surface area contributed by atoms with Crippen molar-refractivity contribution >= 4 is 15.9 Å². The molecule has 4 heteroatoms. The first kappa shape index (κ1) is 10.4. The SMILES string of the molecule is Cc1c(Br)c(C2(N)CC2)cc2c1OCCO2. The van der Waals surface area contributed by atoms with Crippen LogP contribution in [0, 0.1) is 6.92 Å². The van der Waals surface area contributed by atoms with Crippen molar-refractivity contribution in [2.45, 2.75) is 25.3 Å². The Morgan fingerprint density at radius 1 is 1.31 bits per heavy atom. The van der Waals surface area contributed by atoms with Crippen LogP contribution in [0.5, 0.6) is 11.5 Å². The van der Waals surface area contributed by atoms with E-state index in [-0.39, 0.29) is 5.54 Å². The summed E-state index contributed by atoms with van der Waals surface area (Å²) in [6, 6.07) is 2.03. The number of nitrogens with two attached hydrogens (primary N) is 1. The number of hydrogen-bond acceptors (Lipinski definition) is 3. The molecule has 0 atom stereocenters. The maximum Gasteiger partial charge on any atom is 0.165 e. The quantitative estimate of drug-likeness (QED) is 0.861. The van der Waals surface area contributed by atoms with Gasteiger partial charge in [-0.3, -0.25) is 0 Å². The van der Waals surface area contributed by atoms with Crippen molar-refractivity contribution in [3.8, 4) is 11.5 Å². The summed E-state index contributed by atoms with van der Waals surface area (Å²) in [7, 11) is 0. The average Bonchev–Trinajstić information content (AvgIpc) is 3.03. The minimum Gasteiger partial charge on any atom is -0.486 e. The third-order valence-corrected chi connectivity index (χ3v) is 4.34. The molecule has 86 valence electrons. The molecular formula is C12H14BrNO2. The highest BCUT2D eigenvalue weighted by Crippen LogP contribution is 2.50. The van der Waals surface area contributed by atoms with Gasteiger partial charge in [-0.2, -0.15) is 0 Å². The number of rotatable bonds is 1. The maximum absolute atomic E-state index is 6.24. The second kappa shape index (κ2) is 3.37. The van der Waals surface area contributed by atoms with Crippen molar-refractivity contribution in [2.75, 3.05) is 13.2 Å². The third-order valence-electron chi connectivity index (χ3n) is 3.32. The smallest absolute Gasteiger partial charge is 0.165 e. The van der Waals surface area contributed by atoms with E-state index in [1.54, 1.807) is 0 Å². The van der Waals surface area contributed by atoms with Crippen molar-refractivity contribution < 1.29 is 9.47 Å². The first-order valence-electron chi connectivity index (χ1n) is 5.50. The molecule has 2 N–H and O–H groups in total. The van der Waals surface area contributed by atoms with E-state index in [0.29, 0.717) is 13.2 Å². The number of ether oxygens (including phenoxy) is 2. The van der Waals surface area contributed by atoms with Gasteiger partial charge in [0.25, 0.3) is 0 Å². The van der Waals surface area contributed by atoms with E-state index in [4.69, 9.17) is 15.2 Å². The first-order valence-corrected chi connectivity index (χ1v) is 6.29. The van der Waals surface area contributed by atoms with Crippen LogP contribution >= 0.6 is 15.9 Å². The predicted molar refractivity (Wildman–Crippen MR) is 65.0 cm³/mol. The molecule has 2 aliphatic rings. The molecule has 1 aliphatic heterocycles. The summed E-state index contributed by atoms with van der Waals surface area (Å²) in [5.41, 5.74) is 8.33.